The Morgan fingerprint density at radius 2 is 1.78 bits per heavy atom. The van der Waals surface area contributed by atoms with E-state index in [4.69, 9.17) is 4.99 Å². The molecule has 8 heteroatoms. The van der Waals surface area contributed by atoms with Crippen LogP contribution in [0.25, 0.3) is 0 Å². The smallest absolute Gasteiger partial charge is 0.225 e. The molecule has 2 saturated heterocycles. The zero-order valence-electron chi connectivity index (χ0n) is 17.5. The van der Waals surface area contributed by atoms with Gasteiger partial charge in [-0.05, 0) is 19.9 Å². The molecule has 2 fully saturated rings. The van der Waals surface area contributed by atoms with Gasteiger partial charge in [-0.25, -0.2) is 0 Å². The van der Waals surface area contributed by atoms with E-state index in [1.807, 2.05) is 18.7 Å². The molecule has 0 aliphatic carbocycles. The van der Waals surface area contributed by atoms with Crippen LogP contribution in [0.3, 0.4) is 0 Å². The molecular weight excluding hydrogens is 455 g/mol. The van der Waals surface area contributed by atoms with Crippen LogP contribution in [-0.2, 0) is 4.79 Å². The summed E-state index contributed by atoms with van der Waals surface area (Å²) < 4.78 is 0. The fourth-order valence-electron chi connectivity index (χ4n) is 3.59. The Morgan fingerprint density at radius 1 is 1.11 bits per heavy atom. The van der Waals surface area contributed by atoms with Crippen molar-refractivity contribution in [1.82, 2.24) is 25.3 Å². The lowest BCUT2D eigenvalue weighted by Crippen LogP contribution is -2.47. The standard InChI is InChI=1S/C19H38N6O.HI/c1-5-20-19(21-8-10-24-13-11-23(6-2)12-14-24)22-17-7-9-25(15-17)18(26)16(3)4;/h16-17H,5-15H2,1-4H3,(H2,20,21,22);1H. The Labute approximate surface area is 182 Å². The van der Waals surface area contributed by atoms with Gasteiger partial charge >= 0.3 is 0 Å². The lowest BCUT2D eigenvalue weighted by molar-refractivity contribution is -0.133. The summed E-state index contributed by atoms with van der Waals surface area (Å²) in [5, 5.41) is 6.85. The lowest BCUT2D eigenvalue weighted by atomic mass is 10.2. The quantitative estimate of drug-likeness (QED) is 0.315. The molecule has 2 N–H and O–H groups in total. The SMILES string of the molecule is CCNC(=NCCN1CCN(CC)CC1)NC1CCN(C(=O)C(C)C)C1.I. The number of amides is 1. The highest BCUT2D eigenvalue weighted by molar-refractivity contribution is 14.0. The first-order valence-electron chi connectivity index (χ1n) is 10.3. The van der Waals surface area contributed by atoms with Gasteiger partial charge < -0.3 is 20.4 Å². The molecule has 2 heterocycles. The summed E-state index contributed by atoms with van der Waals surface area (Å²) in [6.45, 7) is 18.3. The van der Waals surface area contributed by atoms with Crippen LogP contribution in [-0.4, -0.2) is 98.1 Å². The van der Waals surface area contributed by atoms with E-state index in [9.17, 15) is 4.79 Å². The molecule has 2 aliphatic rings. The Balaban J connectivity index is 0.00000364. The molecule has 0 spiro atoms. The number of likely N-dealkylation sites (N-methyl/N-ethyl adjacent to an activating group) is 1. The van der Waals surface area contributed by atoms with Crippen LogP contribution < -0.4 is 10.6 Å². The third-order valence-corrected chi connectivity index (χ3v) is 5.28. The van der Waals surface area contributed by atoms with Crippen molar-refractivity contribution >= 4 is 35.8 Å². The summed E-state index contributed by atoms with van der Waals surface area (Å²) in [5.74, 6) is 1.20. The first-order chi connectivity index (χ1) is 12.5. The van der Waals surface area contributed by atoms with Gasteiger partial charge in [0.15, 0.2) is 5.96 Å². The molecule has 1 atom stereocenters. The van der Waals surface area contributed by atoms with Crippen molar-refractivity contribution in [2.75, 3.05) is 65.4 Å². The second-order valence-electron chi connectivity index (χ2n) is 7.61. The van der Waals surface area contributed by atoms with Crippen LogP contribution in [0.1, 0.15) is 34.1 Å². The van der Waals surface area contributed by atoms with Crippen molar-refractivity contribution in [2.45, 2.75) is 40.2 Å². The summed E-state index contributed by atoms with van der Waals surface area (Å²) in [5.41, 5.74) is 0. The maximum atomic E-state index is 12.1. The predicted octanol–water partition coefficient (Wildman–Crippen LogP) is 1.05. The number of carbonyl (C=O) groups excluding carboxylic acids is 1. The molecule has 2 aliphatic heterocycles. The van der Waals surface area contributed by atoms with Gasteiger partial charge in [0.2, 0.25) is 5.91 Å². The molecule has 27 heavy (non-hydrogen) atoms. The molecule has 0 radical (unpaired) electrons. The van der Waals surface area contributed by atoms with Gasteiger partial charge in [-0.15, -0.1) is 24.0 Å². The summed E-state index contributed by atoms with van der Waals surface area (Å²) in [4.78, 5) is 23.9. The average Bonchev–Trinajstić information content (AvgIpc) is 3.10. The summed E-state index contributed by atoms with van der Waals surface area (Å²) >= 11 is 0. The van der Waals surface area contributed by atoms with Gasteiger partial charge in [0.05, 0.1) is 6.54 Å². The molecule has 0 bridgehead atoms. The third-order valence-electron chi connectivity index (χ3n) is 5.28. The number of piperazine rings is 1. The highest BCUT2D eigenvalue weighted by atomic mass is 127. The fourth-order valence-corrected chi connectivity index (χ4v) is 3.59. The van der Waals surface area contributed by atoms with Crippen molar-refractivity contribution in [3.8, 4) is 0 Å². The molecule has 0 aromatic carbocycles. The number of likely N-dealkylation sites (tertiary alicyclic amines) is 1. The monoisotopic (exact) mass is 494 g/mol. The highest BCUT2D eigenvalue weighted by Gasteiger charge is 2.28. The van der Waals surface area contributed by atoms with E-state index in [0.29, 0.717) is 6.04 Å². The summed E-state index contributed by atoms with van der Waals surface area (Å²) in [7, 11) is 0. The Morgan fingerprint density at radius 3 is 2.37 bits per heavy atom. The van der Waals surface area contributed by atoms with Crippen LogP contribution in [0, 0.1) is 5.92 Å². The second-order valence-corrected chi connectivity index (χ2v) is 7.61. The number of carbonyl (C=O) groups is 1. The van der Waals surface area contributed by atoms with E-state index in [1.54, 1.807) is 0 Å². The van der Waals surface area contributed by atoms with Crippen LogP contribution in [0.15, 0.2) is 4.99 Å². The summed E-state index contributed by atoms with van der Waals surface area (Å²) in [6, 6.07) is 0.295. The molecule has 0 aromatic heterocycles. The van der Waals surface area contributed by atoms with Crippen LogP contribution in [0.5, 0.6) is 0 Å². The van der Waals surface area contributed by atoms with E-state index in [1.165, 1.54) is 13.1 Å². The Kier molecular flexibility index (Phi) is 11.6. The van der Waals surface area contributed by atoms with Crippen molar-refractivity contribution in [3.05, 3.63) is 0 Å². The average molecular weight is 494 g/mol. The number of nitrogens with one attached hydrogen (secondary N) is 2. The molecule has 0 aromatic rings. The topological polar surface area (TPSA) is 63.2 Å². The van der Waals surface area contributed by atoms with Crippen LogP contribution in [0.4, 0.5) is 0 Å². The number of nitrogens with zero attached hydrogens (tertiary/aromatic N) is 4. The zero-order valence-corrected chi connectivity index (χ0v) is 19.9. The van der Waals surface area contributed by atoms with E-state index >= 15 is 0 Å². The number of hydrogen-bond donors (Lipinski definition) is 2. The molecule has 2 rings (SSSR count). The highest BCUT2D eigenvalue weighted by Crippen LogP contribution is 2.12. The summed E-state index contributed by atoms with van der Waals surface area (Å²) in [6.07, 6.45) is 0.988. The van der Waals surface area contributed by atoms with Crippen molar-refractivity contribution in [2.24, 2.45) is 10.9 Å². The molecule has 1 unspecified atom stereocenters. The number of hydrogen-bond acceptors (Lipinski definition) is 4. The number of aliphatic imine (C=N–C) groups is 1. The second kappa shape index (κ2) is 12.8. The minimum Gasteiger partial charge on any atom is -0.357 e. The van der Waals surface area contributed by atoms with Gasteiger partial charge in [-0.3, -0.25) is 14.7 Å². The Bertz CT molecular complexity index is 465. The van der Waals surface area contributed by atoms with Gasteiger partial charge in [0.1, 0.15) is 0 Å². The maximum absolute atomic E-state index is 12.1. The van der Waals surface area contributed by atoms with Gasteiger partial charge in [-0.1, -0.05) is 20.8 Å². The van der Waals surface area contributed by atoms with Crippen molar-refractivity contribution in [1.29, 1.82) is 0 Å². The predicted molar refractivity (Wildman–Crippen MR) is 123 cm³/mol. The van der Waals surface area contributed by atoms with E-state index in [-0.39, 0.29) is 35.8 Å². The molecule has 7 nitrogen and oxygen atoms in total. The minimum absolute atomic E-state index is 0. The molecular formula is C19H39IN6O. The minimum atomic E-state index is 0. The largest absolute Gasteiger partial charge is 0.357 e. The van der Waals surface area contributed by atoms with E-state index in [0.717, 1.165) is 64.7 Å². The van der Waals surface area contributed by atoms with Gasteiger partial charge in [0.25, 0.3) is 0 Å². The molecule has 0 saturated carbocycles. The molecule has 158 valence electrons. The van der Waals surface area contributed by atoms with Crippen LogP contribution >= 0.6 is 24.0 Å². The Hall–Kier alpha value is -0.610. The van der Waals surface area contributed by atoms with Gasteiger partial charge in [0, 0.05) is 64.3 Å². The first-order valence-corrected chi connectivity index (χ1v) is 10.3. The van der Waals surface area contributed by atoms with Crippen molar-refractivity contribution in [3.63, 3.8) is 0 Å². The van der Waals surface area contributed by atoms with E-state index < -0.39 is 0 Å². The van der Waals surface area contributed by atoms with Crippen LogP contribution in [0.2, 0.25) is 0 Å². The first kappa shape index (κ1) is 24.4. The lowest BCUT2D eigenvalue weighted by Gasteiger charge is -2.33. The maximum Gasteiger partial charge on any atom is 0.225 e. The number of rotatable bonds is 7. The zero-order chi connectivity index (χ0) is 18.9. The normalized spacial score (nSPS) is 22.0. The fraction of sp³-hybridized carbons (Fsp3) is 0.895. The number of guanidine groups is 1. The third kappa shape index (κ3) is 8.11. The van der Waals surface area contributed by atoms with E-state index in [2.05, 4.69) is 34.3 Å². The van der Waals surface area contributed by atoms with Gasteiger partial charge in [-0.2, -0.15) is 0 Å². The molecule has 1 amide bonds. The van der Waals surface area contributed by atoms with Crippen molar-refractivity contribution < 1.29 is 4.79 Å². The number of halogens is 1.